The van der Waals surface area contributed by atoms with Crippen molar-refractivity contribution in [1.82, 2.24) is 19.7 Å². The van der Waals surface area contributed by atoms with Gasteiger partial charge < -0.3 is 19.7 Å². The zero-order chi connectivity index (χ0) is 14.8. The number of fused-ring (bicyclic) bond motifs is 1. The number of aryl methyl sites for hydroxylation is 1. The van der Waals surface area contributed by atoms with E-state index in [1.807, 2.05) is 17.8 Å². The Hall–Kier alpha value is -1.49. The first-order valence-corrected chi connectivity index (χ1v) is 7.97. The normalized spacial score (nSPS) is 26.5. The predicted octanol–water partition coefficient (Wildman–Crippen LogP) is 1.65. The van der Waals surface area contributed by atoms with Crippen molar-refractivity contribution < 1.29 is 4.79 Å². The number of aromatic nitrogens is 1. The lowest BCUT2D eigenvalue weighted by Crippen LogP contribution is -2.57. The summed E-state index contributed by atoms with van der Waals surface area (Å²) < 4.78 is 2.01. The van der Waals surface area contributed by atoms with Gasteiger partial charge in [0.15, 0.2) is 0 Å². The third-order valence-electron chi connectivity index (χ3n) is 4.87. The standard InChI is InChI=1S/C16H26N4O/c1-18-8-5-13(11-18)10-17-16(21)20-7-3-4-14-12-19(2)9-6-15(14)20/h5,8,11,14-15H,3-4,6-7,9-10,12H2,1-2H3,(H,17,21)/t14-,15+/m1/s1. The van der Waals surface area contributed by atoms with Crippen molar-refractivity contribution >= 4 is 6.03 Å². The minimum Gasteiger partial charge on any atom is -0.357 e. The molecule has 2 aliphatic rings. The molecule has 0 unspecified atom stereocenters. The number of hydrogen-bond acceptors (Lipinski definition) is 2. The van der Waals surface area contributed by atoms with Gasteiger partial charge in [-0.05, 0) is 50.4 Å². The van der Waals surface area contributed by atoms with Crippen LogP contribution in [0.25, 0.3) is 0 Å². The summed E-state index contributed by atoms with van der Waals surface area (Å²) in [7, 11) is 4.18. The predicted molar refractivity (Wildman–Crippen MR) is 83.0 cm³/mol. The summed E-state index contributed by atoms with van der Waals surface area (Å²) in [4.78, 5) is 17.0. The van der Waals surface area contributed by atoms with E-state index >= 15 is 0 Å². The fraction of sp³-hybridized carbons (Fsp3) is 0.688. The Labute approximate surface area is 126 Å². The average Bonchev–Trinajstić information content (AvgIpc) is 2.89. The molecule has 0 bridgehead atoms. The maximum atomic E-state index is 12.5. The molecule has 0 aromatic carbocycles. The summed E-state index contributed by atoms with van der Waals surface area (Å²) in [5.74, 6) is 0.653. The van der Waals surface area contributed by atoms with Gasteiger partial charge in [0, 0.05) is 45.1 Å². The van der Waals surface area contributed by atoms with Crippen LogP contribution in [-0.4, -0.2) is 53.1 Å². The fourth-order valence-corrected chi connectivity index (χ4v) is 3.78. The van der Waals surface area contributed by atoms with E-state index in [0.717, 1.165) is 38.0 Å². The molecule has 5 heteroatoms. The maximum absolute atomic E-state index is 12.5. The molecule has 1 aromatic rings. The topological polar surface area (TPSA) is 40.5 Å². The van der Waals surface area contributed by atoms with Crippen molar-refractivity contribution in [2.45, 2.75) is 31.8 Å². The van der Waals surface area contributed by atoms with Gasteiger partial charge in [-0.25, -0.2) is 4.79 Å². The van der Waals surface area contributed by atoms with Gasteiger partial charge >= 0.3 is 6.03 Å². The molecule has 0 aliphatic carbocycles. The first-order chi connectivity index (χ1) is 10.1. The van der Waals surface area contributed by atoms with Crippen LogP contribution in [-0.2, 0) is 13.6 Å². The molecule has 0 radical (unpaired) electrons. The van der Waals surface area contributed by atoms with Gasteiger partial charge in [-0.2, -0.15) is 0 Å². The molecule has 2 atom stereocenters. The monoisotopic (exact) mass is 290 g/mol. The molecular weight excluding hydrogens is 264 g/mol. The van der Waals surface area contributed by atoms with Gasteiger partial charge in [0.05, 0.1) is 0 Å². The van der Waals surface area contributed by atoms with E-state index in [9.17, 15) is 4.79 Å². The zero-order valence-electron chi connectivity index (χ0n) is 13.1. The molecule has 2 amide bonds. The number of carbonyl (C=O) groups is 1. The molecule has 3 heterocycles. The summed E-state index contributed by atoms with van der Waals surface area (Å²) >= 11 is 0. The van der Waals surface area contributed by atoms with Gasteiger partial charge in [-0.1, -0.05) is 0 Å². The molecule has 3 rings (SSSR count). The minimum absolute atomic E-state index is 0.109. The van der Waals surface area contributed by atoms with Crippen LogP contribution in [0.4, 0.5) is 4.79 Å². The summed E-state index contributed by atoms with van der Waals surface area (Å²) in [6.45, 7) is 3.76. The molecule has 5 nitrogen and oxygen atoms in total. The van der Waals surface area contributed by atoms with Gasteiger partial charge in [-0.15, -0.1) is 0 Å². The van der Waals surface area contributed by atoms with E-state index in [1.165, 1.54) is 6.42 Å². The highest BCUT2D eigenvalue weighted by atomic mass is 16.2. The summed E-state index contributed by atoms with van der Waals surface area (Å²) in [5, 5.41) is 3.09. The quantitative estimate of drug-likeness (QED) is 0.900. The first-order valence-electron chi connectivity index (χ1n) is 7.97. The lowest BCUT2D eigenvalue weighted by molar-refractivity contribution is 0.0532. The Bertz CT molecular complexity index is 498. The fourth-order valence-electron chi connectivity index (χ4n) is 3.78. The van der Waals surface area contributed by atoms with E-state index in [0.29, 0.717) is 18.5 Å². The highest BCUT2D eigenvalue weighted by Crippen LogP contribution is 2.30. The second-order valence-electron chi connectivity index (χ2n) is 6.56. The second-order valence-corrected chi connectivity index (χ2v) is 6.56. The average molecular weight is 290 g/mol. The lowest BCUT2D eigenvalue weighted by atomic mass is 9.84. The highest BCUT2D eigenvalue weighted by molar-refractivity contribution is 5.74. The van der Waals surface area contributed by atoms with Crippen LogP contribution in [0.2, 0.25) is 0 Å². The number of amides is 2. The smallest absolute Gasteiger partial charge is 0.317 e. The molecule has 0 spiro atoms. The van der Waals surface area contributed by atoms with Crippen LogP contribution in [0.15, 0.2) is 18.5 Å². The Morgan fingerprint density at radius 2 is 2.19 bits per heavy atom. The van der Waals surface area contributed by atoms with Crippen molar-refractivity contribution in [3.8, 4) is 0 Å². The number of carbonyl (C=O) groups excluding carboxylic acids is 1. The van der Waals surface area contributed by atoms with Crippen LogP contribution < -0.4 is 5.32 Å². The van der Waals surface area contributed by atoms with E-state index < -0.39 is 0 Å². The number of hydrogen-bond donors (Lipinski definition) is 1. The molecular formula is C16H26N4O. The van der Waals surface area contributed by atoms with Crippen LogP contribution >= 0.6 is 0 Å². The van der Waals surface area contributed by atoms with Crippen molar-refractivity contribution in [2.75, 3.05) is 26.7 Å². The summed E-state index contributed by atoms with van der Waals surface area (Å²) in [6.07, 6.45) is 7.56. The largest absolute Gasteiger partial charge is 0.357 e. The highest BCUT2D eigenvalue weighted by Gasteiger charge is 2.37. The third-order valence-corrected chi connectivity index (χ3v) is 4.87. The van der Waals surface area contributed by atoms with Gasteiger partial charge in [0.1, 0.15) is 0 Å². The van der Waals surface area contributed by atoms with Crippen molar-refractivity contribution in [2.24, 2.45) is 13.0 Å². The molecule has 2 saturated heterocycles. The van der Waals surface area contributed by atoms with Gasteiger partial charge in [0.2, 0.25) is 0 Å². The lowest BCUT2D eigenvalue weighted by Gasteiger charge is -2.46. The third kappa shape index (κ3) is 3.23. The second kappa shape index (κ2) is 6.10. The van der Waals surface area contributed by atoms with Crippen LogP contribution in [0.1, 0.15) is 24.8 Å². The Morgan fingerprint density at radius 1 is 1.33 bits per heavy atom. The van der Waals surface area contributed by atoms with E-state index in [2.05, 4.69) is 34.4 Å². The van der Waals surface area contributed by atoms with Crippen molar-refractivity contribution in [3.63, 3.8) is 0 Å². The first kappa shape index (κ1) is 14.4. The number of piperidine rings is 2. The number of nitrogens with zero attached hydrogens (tertiary/aromatic N) is 3. The summed E-state index contributed by atoms with van der Waals surface area (Å²) in [5.41, 5.74) is 1.16. The van der Waals surface area contributed by atoms with Gasteiger partial charge in [0.25, 0.3) is 0 Å². The van der Waals surface area contributed by atoms with E-state index in [4.69, 9.17) is 0 Å². The minimum atomic E-state index is 0.109. The molecule has 0 saturated carbocycles. The SMILES string of the molecule is CN1CC[C@H]2[C@H](CCCN2C(=O)NCc2ccn(C)c2)C1. The van der Waals surface area contributed by atoms with Crippen LogP contribution in [0.5, 0.6) is 0 Å². The molecule has 1 aromatic heterocycles. The Morgan fingerprint density at radius 3 is 2.95 bits per heavy atom. The number of urea groups is 1. The van der Waals surface area contributed by atoms with Crippen molar-refractivity contribution in [3.05, 3.63) is 24.0 Å². The molecule has 1 N–H and O–H groups in total. The van der Waals surface area contributed by atoms with Crippen LogP contribution in [0.3, 0.4) is 0 Å². The maximum Gasteiger partial charge on any atom is 0.317 e. The number of nitrogens with one attached hydrogen (secondary N) is 1. The zero-order valence-corrected chi connectivity index (χ0v) is 13.1. The molecule has 2 fully saturated rings. The molecule has 21 heavy (non-hydrogen) atoms. The van der Waals surface area contributed by atoms with Gasteiger partial charge in [-0.3, -0.25) is 0 Å². The Balaban J connectivity index is 1.58. The summed E-state index contributed by atoms with van der Waals surface area (Å²) in [6, 6.07) is 2.60. The van der Waals surface area contributed by atoms with Crippen LogP contribution in [0, 0.1) is 5.92 Å². The number of rotatable bonds is 2. The van der Waals surface area contributed by atoms with Crippen molar-refractivity contribution in [1.29, 1.82) is 0 Å². The molecule has 116 valence electrons. The number of likely N-dealkylation sites (tertiary alicyclic amines) is 2. The Kier molecular flexibility index (Phi) is 4.19. The molecule has 2 aliphatic heterocycles. The van der Waals surface area contributed by atoms with E-state index in [-0.39, 0.29) is 6.03 Å². The van der Waals surface area contributed by atoms with E-state index in [1.54, 1.807) is 0 Å².